The Bertz CT molecular complexity index is 123. The number of hydrogen-bond acceptors (Lipinski definition) is 2. The molecule has 11 heavy (non-hydrogen) atoms. The molecule has 0 unspecified atom stereocenters. The van der Waals surface area contributed by atoms with E-state index < -0.39 is 0 Å². The van der Waals surface area contributed by atoms with E-state index in [0.717, 1.165) is 32.4 Å². The maximum absolute atomic E-state index is 8.46. The smallest absolute Gasteiger partial charge is 0.0576 e. The summed E-state index contributed by atoms with van der Waals surface area (Å²) in [6.07, 6.45) is 3.15. The third-order valence-corrected chi connectivity index (χ3v) is 1.40. The summed E-state index contributed by atoms with van der Waals surface area (Å²) < 4.78 is 0. The van der Waals surface area contributed by atoms with Gasteiger partial charge in [0.05, 0.1) is 6.54 Å². The first-order valence-corrected chi connectivity index (χ1v) is 4.13. The maximum atomic E-state index is 8.46. The predicted octanol–water partition coefficient (Wildman–Crippen LogP) is 0.762. The van der Waals surface area contributed by atoms with Gasteiger partial charge in [-0.3, -0.25) is 0 Å². The lowest BCUT2D eigenvalue weighted by Crippen LogP contribution is -2.15. The Morgan fingerprint density at radius 1 is 1.27 bits per heavy atom. The van der Waals surface area contributed by atoms with Gasteiger partial charge < -0.3 is 10.4 Å². The van der Waals surface area contributed by atoms with Gasteiger partial charge in [0.15, 0.2) is 0 Å². The fourth-order valence-corrected chi connectivity index (χ4v) is 0.778. The molecule has 0 amide bonds. The third kappa shape index (κ3) is 9.48. The number of unbranched alkanes of at least 4 members (excludes halogenated alkanes) is 2. The minimum atomic E-state index is 0.314. The Morgan fingerprint density at radius 3 is 2.73 bits per heavy atom. The zero-order chi connectivity index (χ0) is 8.36. The highest BCUT2D eigenvalue weighted by Gasteiger charge is 1.85. The van der Waals surface area contributed by atoms with Gasteiger partial charge in [0.1, 0.15) is 0 Å². The monoisotopic (exact) mass is 155 g/mol. The lowest BCUT2D eigenvalue weighted by Gasteiger charge is -1.98. The molecular weight excluding hydrogens is 138 g/mol. The molecule has 0 rings (SSSR count). The predicted molar refractivity (Wildman–Crippen MR) is 47.3 cm³/mol. The highest BCUT2D eigenvalue weighted by Crippen LogP contribution is 1.90. The van der Waals surface area contributed by atoms with Crippen molar-refractivity contribution in [2.75, 3.05) is 19.7 Å². The van der Waals surface area contributed by atoms with Crippen molar-refractivity contribution in [3.05, 3.63) is 0 Å². The van der Waals surface area contributed by atoms with E-state index in [1.807, 2.05) is 6.92 Å². The molecule has 0 aliphatic heterocycles. The van der Waals surface area contributed by atoms with E-state index in [1.165, 1.54) is 0 Å². The van der Waals surface area contributed by atoms with Crippen LogP contribution in [0.2, 0.25) is 0 Å². The Kier molecular flexibility index (Phi) is 9.03. The summed E-state index contributed by atoms with van der Waals surface area (Å²) in [6, 6.07) is 0. The second kappa shape index (κ2) is 9.48. The van der Waals surface area contributed by atoms with Crippen molar-refractivity contribution < 1.29 is 5.11 Å². The molecule has 2 nitrogen and oxygen atoms in total. The lowest BCUT2D eigenvalue weighted by molar-refractivity contribution is 0.283. The second-order valence-corrected chi connectivity index (χ2v) is 2.39. The summed E-state index contributed by atoms with van der Waals surface area (Å²) in [7, 11) is 0. The summed E-state index contributed by atoms with van der Waals surface area (Å²) >= 11 is 0. The van der Waals surface area contributed by atoms with E-state index in [1.54, 1.807) is 0 Å². The molecule has 0 spiro atoms. The highest BCUT2D eigenvalue weighted by atomic mass is 16.2. The van der Waals surface area contributed by atoms with E-state index in [0.29, 0.717) is 6.61 Å². The van der Waals surface area contributed by atoms with Crippen molar-refractivity contribution in [2.24, 2.45) is 0 Å². The van der Waals surface area contributed by atoms with Crippen molar-refractivity contribution in [3.8, 4) is 11.8 Å². The molecule has 2 N–H and O–H groups in total. The van der Waals surface area contributed by atoms with Crippen molar-refractivity contribution in [1.29, 1.82) is 0 Å². The van der Waals surface area contributed by atoms with Gasteiger partial charge in [0.25, 0.3) is 0 Å². The van der Waals surface area contributed by atoms with Crippen LogP contribution in [0.25, 0.3) is 0 Å². The molecule has 0 atom stereocenters. The van der Waals surface area contributed by atoms with Crippen molar-refractivity contribution in [3.63, 3.8) is 0 Å². The standard InChI is InChI=1S/C9H17NO/c1-2-3-7-10-8-5-4-6-9-11/h10-11H,4-9H2,1H3. The van der Waals surface area contributed by atoms with Gasteiger partial charge in [-0.25, -0.2) is 0 Å². The normalized spacial score (nSPS) is 8.91. The summed E-state index contributed by atoms with van der Waals surface area (Å²) in [5.74, 6) is 5.75. The number of hydrogen-bond donors (Lipinski definition) is 2. The van der Waals surface area contributed by atoms with E-state index in [9.17, 15) is 0 Å². The Morgan fingerprint density at radius 2 is 2.09 bits per heavy atom. The quantitative estimate of drug-likeness (QED) is 0.438. The Labute approximate surface area is 69.0 Å². The molecule has 0 saturated heterocycles. The molecular formula is C9H17NO. The van der Waals surface area contributed by atoms with E-state index in [4.69, 9.17) is 5.11 Å². The van der Waals surface area contributed by atoms with Gasteiger partial charge >= 0.3 is 0 Å². The third-order valence-electron chi connectivity index (χ3n) is 1.40. The number of rotatable bonds is 6. The van der Waals surface area contributed by atoms with Gasteiger partial charge in [-0.1, -0.05) is 5.92 Å². The van der Waals surface area contributed by atoms with E-state index in [2.05, 4.69) is 17.2 Å². The van der Waals surface area contributed by atoms with Crippen LogP contribution in [-0.2, 0) is 0 Å². The van der Waals surface area contributed by atoms with Crippen LogP contribution in [0.5, 0.6) is 0 Å². The molecule has 0 heterocycles. The van der Waals surface area contributed by atoms with Crippen LogP contribution in [0.4, 0.5) is 0 Å². The van der Waals surface area contributed by atoms with E-state index >= 15 is 0 Å². The zero-order valence-corrected chi connectivity index (χ0v) is 7.19. The Hall–Kier alpha value is -0.520. The van der Waals surface area contributed by atoms with Crippen LogP contribution in [0.1, 0.15) is 26.2 Å². The fourth-order valence-electron chi connectivity index (χ4n) is 0.778. The van der Waals surface area contributed by atoms with Gasteiger partial charge in [0.2, 0.25) is 0 Å². The molecule has 0 saturated carbocycles. The molecule has 0 radical (unpaired) electrons. The van der Waals surface area contributed by atoms with E-state index in [-0.39, 0.29) is 0 Å². The van der Waals surface area contributed by atoms with Crippen molar-refractivity contribution >= 4 is 0 Å². The summed E-state index contributed by atoms with van der Waals surface area (Å²) in [6.45, 7) is 3.95. The van der Waals surface area contributed by atoms with Crippen LogP contribution in [0.3, 0.4) is 0 Å². The maximum Gasteiger partial charge on any atom is 0.0576 e. The second-order valence-electron chi connectivity index (χ2n) is 2.39. The first-order chi connectivity index (χ1) is 5.41. The van der Waals surface area contributed by atoms with Crippen LogP contribution >= 0.6 is 0 Å². The molecule has 0 aromatic carbocycles. The summed E-state index contributed by atoms with van der Waals surface area (Å²) in [5.41, 5.74) is 0. The molecule has 0 aliphatic carbocycles. The largest absolute Gasteiger partial charge is 0.396 e. The van der Waals surface area contributed by atoms with Gasteiger partial charge in [0, 0.05) is 6.61 Å². The summed E-state index contributed by atoms with van der Waals surface area (Å²) in [5, 5.41) is 11.7. The van der Waals surface area contributed by atoms with Gasteiger partial charge in [-0.15, -0.1) is 5.92 Å². The number of nitrogens with one attached hydrogen (secondary N) is 1. The van der Waals surface area contributed by atoms with Gasteiger partial charge in [-0.05, 0) is 32.7 Å². The molecule has 0 bridgehead atoms. The first kappa shape index (κ1) is 10.5. The average Bonchev–Trinajstić information content (AvgIpc) is 2.03. The lowest BCUT2D eigenvalue weighted by atomic mass is 10.2. The molecule has 0 fully saturated rings. The van der Waals surface area contributed by atoms with Crippen LogP contribution in [0.15, 0.2) is 0 Å². The van der Waals surface area contributed by atoms with Crippen molar-refractivity contribution in [2.45, 2.75) is 26.2 Å². The molecule has 0 aromatic rings. The zero-order valence-electron chi connectivity index (χ0n) is 7.19. The SMILES string of the molecule is CC#CCNCCCCCO. The number of aliphatic hydroxyl groups is 1. The minimum Gasteiger partial charge on any atom is -0.396 e. The molecule has 0 aliphatic rings. The summed E-state index contributed by atoms with van der Waals surface area (Å²) in [4.78, 5) is 0. The van der Waals surface area contributed by atoms with Crippen LogP contribution in [-0.4, -0.2) is 24.8 Å². The van der Waals surface area contributed by atoms with Crippen molar-refractivity contribution in [1.82, 2.24) is 5.32 Å². The fraction of sp³-hybridized carbons (Fsp3) is 0.778. The Balaban J connectivity index is 2.83. The molecule has 2 heteroatoms. The van der Waals surface area contributed by atoms with Gasteiger partial charge in [-0.2, -0.15) is 0 Å². The highest BCUT2D eigenvalue weighted by molar-refractivity contribution is 4.96. The minimum absolute atomic E-state index is 0.314. The van der Waals surface area contributed by atoms with Crippen LogP contribution in [0, 0.1) is 11.8 Å². The average molecular weight is 155 g/mol. The molecule has 0 aromatic heterocycles. The first-order valence-electron chi connectivity index (χ1n) is 4.13. The molecule has 64 valence electrons. The topological polar surface area (TPSA) is 32.3 Å². The van der Waals surface area contributed by atoms with Crippen LogP contribution < -0.4 is 5.32 Å². The number of aliphatic hydroxyl groups excluding tert-OH is 1.